The number of hydrogen-bond donors (Lipinski definition) is 2. The Morgan fingerprint density at radius 1 is 1.46 bits per heavy atom. The molecule has 0 aliphatic carbocycles. The Bertz CT molecular complexity index is 667. The summed E-state index contributed by atoms with van der Waals surface area (Å²) in [7, 11) is 1.23. The van der Waals surface area contributed by atoms with Gasteiger partial charge in [-0.05, 0) is 24.6 Å². The number of carboxylic acid groups (broad SMARTS) is 1. The zero-order chi connectivity index (χ0) is 17.9. The van der Waals surface area contributed by atoms with Crippen molar-refractivity contribution >= 4 is 46.7 Å². The number of hydrogen-bond acceptors (Lipinski definition) is 4. The highest BCUT2D eigenvalue weighted by molar-refractivity contribution is 6.36. The molecule has 1 fully saturated rings. The maximum atomic E-state index is 12.5. The number of amides is 2. The number of benzene rings is 1. The van der Waals surface area contributed by atoms with Crippen LogP contribution < -0.4 is 10.2 Å². The molecule has 1 saturated heterocycles. The van der Waals surface area contributed by atoms with Gasteiger partial charge in [0, 0.05) is 18.7 Å². The van der Waals surface area contributed by atoms with Gasteiger partial charge in [-0.1, -0.05) is 23.2 Å². The number of aliphatic carboxylic acids is 1. The topological polar surface area (TPSA) is 95.9 Å². The molecule has 9 heteroatoms. The third-order valence-electron chi connectivity index (χ3n) is 3.74. The van der Waals surface area contributed by atoms with E-state index in [4.69, 9.17) is 33.0 Å². The van der Waals surface area contributed by atoms with Crippen molar-refractivity contribution < 1.29 is 24.2 Å². The number of carbonyl (C=O) groups is 3. The van der Waals surface area contributed by atoms with E-state index in [0.717, 1.165) is 0 Å². The predicted molar refractivity (Wildman–Crippen MR) is 88.4 cm³/mol. The van der Waals surface area contributed by atoms with Crippen LogP contribution in [-0.2, 0) is 19.1 Å². The highest BCUT2D eigenvalue weighted by Gasteiger charge is 2.38. The Hall–Kier alpha value is -1.83. The molecule has 0 spiro atoms. The molecular weight excluding hydrogens is 359 g/mol. The summed E-state index contributed by atoms with van der Waals surface area (Å²) in [6, 6.07) is 4.75. The molecule has 2 N–H and O–H groups in total. The Morgan fingerprint density at radius 3 is 2.79 bits per heavy atom. The average molecular weight is 375 g/mol. The van der Waals surface area contributed by atoms with Gasteiger partial charge in [-0.2, -0.15) is 0 Å². The largest absolute Gasteiger partial charge is 0.479 e. The van der Waals surface area contributed by atoms with E-state index in [2.05, 4.69) is 5.32 Å². The molecule has 2 atom stereocenters. The minimum absolute atomic E-state index is 0.216. The summed E-state index contributed by atoms with van der Waals surface area (Å²) < 4.78 is 4.73. The van der Waals surface area contributed by atoms with Crippen molar-refractivity contribution in [2.75, 3.05) is 25.1 Å². The van der Waals surface area contributed by atoms with Gasteiger partial charge < -0.3 is 20.1 Å². The first kappa shape index (κ1) is 18.5. The van der Waals surface area contributed by atoms with Gasteiger partial charge in [0.15, 0.2) is 6.10 Å². The van der Waals surface area contributed by atoms with Gasteiger partial charge in [0.25, 0.3) is 0 Å². The van der Waals surface area contributed by atoms with Gasteiger partial charge in [0.1, 0.15) is 5.92 Å². The molecule has 0 bridgehead atoms. The van der Waals surface area contributed by atoms with Crippen LogP contribution in [0.1, 0.15) is 6.42 Å². The Balaban J connectivity index is 2.04. The smallest absolute Gasteiger partial charge is 0.334 e. The van der Waals surface area contributed by atoms with Crippen LogP contribution >= 0.6 is 23.2 Å². The van der Waals surface area contributed by atoms with Crippen LogP contribution in [0, 0.1) is 5.92 Å². The minimum Gasteiger partial charge on any atom is -0.479 e. The summed E-state index contributed by atoms with van der Waals surface area (Å²) in [6.07, 6.45) is -0.859. The van der Waals surface area contributed by atoms with E-state index < -0.39 is 29.8 Å². The first-order chi connectivity index (χ1) is 11.3. The quantitative estimate of drug-likeness (QED) is 0.736. The van der Waals surface area contributed by atoms with Crippen LogP contribution in [0.2, 0.25) is 10.0 Å². The van der Waals surface area contributed by atoms with E-state index in [1.807, 2.05) is 0 Å². The maximum absolute atomic E-state index is 12.5. The van der Waals surface area contributed by atoms with Crippen LogP contribution in [0.4, 0.5) is 5.69 Å². The third-order valence-corrected chi connectivity index (χ3v) is 4.30. The van der Waals surface area contributed by atoms with Crippen LogP contribution in [0.15, 0.2) is 18.2 Å². The number of carbonyl (C=O) groups excluding carboxylic acids is 2. The van der Waals surface area contributed by atoms with Crippen molar-refractivity contribution in [3.05, 3.63) is 28.2 Å². The number of nitrogens with zero attached hydrogens (tertiary/aromatic N) is 1. The molecule has 130 valence electrons. The first-order valence-corrected chi connectivity index (χ1v) is 7.90. The van der Waals surface area contributed by atoms with E-state index in [-0.39, 0.29) is 6.54 Å². The third kappa shape index (κ3) is 3.98. The zero-order valence-corrected chi connectivity index (χ0v) is 14.3. The Kier molecular flexibility index (Phi) is 6.04. The number of methoxy groups -OCH3 is 1. The second-order valence-electron chi connectivity index (χ2n) is 5.23. The number of anilines is 1. The Labute approximate surface area is 148 Å². The predicted octanol–water partition coefficient (Wildman–Crippen LogP) is 1.56. The monoisotopic (exact) mass is 374 g/mol. The summed E-state index contributed by atoms with van der Waals surface area (Å²) >= 11 is 12.0. The van der Waals surface area contributed by atoms with E-state index in [1.54, 1.807) is 18.2 Å². The number of ether oxygens (including phenoxy) is 1. The van der Waals surface area contributed by atoms with Crippen LogP contribution in [0.25, 0.3) is 0 Å². The lowest BCUT2D eigenvalue weighted by atomic mass is 10.1. The Morgan fingerprint density at radius 2 is 2.17 bits per heavy atom. The molecule has 2 rings (SSSR count). The molecule has 1 aliphatic heterocycles. The summed E-state index contributed by atoms with van der Waals surface area (Å²) in [5.41, 5.74) is 0.449. The van der Waals surface area contributed by atoms with E-state index in [9.17, 15) is 14.4 Å². The van der Waals surface area contributed by atoms with Crippen LogP contribution in [0.5, 0.6) is 0 Å². The summed E-state index contributed by atoms with van der Waals surface area (Å²) in [5, 5.41) is 12.1. The van der Waals surface area contributed by atoms with Crippen molar-refractivity contribution in [2.24, 2.45) is 5.92 Å². The molecule has 0 saturated carbocycles. The molecule has 24 heavy (non-hydrogen) atoms. The highest BCUT2D eigenvalue weighted by Crippen LogP contribution is 2.33. The van der Waals surface area contributed by atoms with E-state index >= 15 is 0 Å². The highest BCUT2D eigenvalue weighted by atomic mass is 35.5. The van der Waals surface area contributed by atoms with Crippen molar-refractivity contribution in [1.29, 1.82) is 0 Å². The van der Waals surface area contributed by atoms with Gasteiger partial charge in [-0.15, -0.1) is 0 Å². The lowest BCUT2D eigenvalue weighted by molar-refractivity contribution is -0.148. The van der Waals surface area contributed by atoms with E-state index in [1.165, 1.54) is 12.0 Å². The van der Waals surface area contributed by atoms with Crippen molar-refractivity contribution in [3.8, 4) is 0 Å². The lowest BCUT2D eigenvalue weighted by Gasteiger charge is -2.19. The van der Waals surface area contributed by atoms with Crippen molar-refractivity contribution in [2.45, 2.75) is 12.5 Å². The first-order valence-electron chi connectivity index (χ1n) is 7.15. The fourth-order valence-corrected chi connectivity index (χ4v) is 2.83. The molecule has 1 aromatic carbocycles. The summed E-state index contributed by atoms with van der Waals surface area (Å²) in [6.45, 7) is 0.107. The maximum Gasteiger partial charge on any atom is 0.334 e. The SMILES string of the molecule is COC(CNC(=O)C1CCN(c2cc(Cl)ccc2Cl)C1=O)C(=O)O. The van der Waals surface area contributed by atoms with Gasteiger partial charge in [-0.25, -0.2) is 4.79 Å². The number of carboxylic acids is 1. The van der Waals surface area contributed by atoms with Gasteiger partial charge in [0.2, 0.25) is 11.8 Å². The molecule has 0 radical (unpaired) electrons. The fraction of sp³-hybridized carbons (Fsp3) is 0.400. The average Bonchev–Trinajstić information content (AvgIpc) is 2.91. The molecule has 1 aromatic rings. The number of nitrogens with one attached hydrogen (secondary N) is 1. The molecule has 7 nitrogen and oxygen atoms in total. The lowest BCUT2D eigenvalue weighted by Crippen LogP contribution is -2.42. The zero-order valence-electron chi connectivity index (χ0n) is 12.8. The number of halogens is 2. The molecule has 0 aromatic heterocycles. The van der Waals surface area contributed by atoms with Crippen LogP contribution in [-0.4, -0.2) is 49.2 Å². The van der Waals surface area contributed by atoms with Gasteiger partial charge in [0.05, 0.1) is 17.3 Å². The second-order valence-corrected chi connectivity index (χ2v) is 6.08. The van der Waals surface area contributed by atoms with E-state index in [0.29, 0.717) is 28.7 Å². The molecule has 2 unspecified atom stereocenters. The van der Waals surface area contributed by atoms with Crippen molar-refractivity contribution in [3.63, 3.8) is 0 Å². The van der Waals surface area contributed by atoms with Crippen molar-refractivity contribution in [1.82, 2.24) is 5.32 Å². The molecule has 1 aliphatic rings. The number of rotatable bonds is 6. The molecule has 1 heterocycles. The van der Waals surface area contributed by atoms with Crippen LogP contribution in [0.3, 0.4) is 0 Å². The molecule has 2 amide bonds. The summed E-state index contributed by atoms with van der Waals surface area (Å²) in [5.74, 6) is -3.03. The standard InChI is InChI=1S/C15H16Cl2N2O5/c1-24-12(15(22)23)7-18-13(20)9-4-5-19(14(9)21)11-6-8(16)2-3-10(11)17/h2-3,6,9,12H,4-5,7H2,1H3,(H,18,20)(H,22,23). The summed E-state index contributed by atoms with van der Waals surface area (Å²) in [4.78, 5) is 36.9. The fourth-order valence-electron chi connectivity index (χ4n) is 2.44. The van der Waals surface area contributed by atoms with Gasteiger partial charge in [-0.3, -0.25) is 9.59 Å². The second kappa shape index (κ2) is 7.83. The normalized spacial score (nSPS) is 18.5. The minimum atomic E-state index is -1.19. The van der Waals surface area contributed by atoms with Gasteiger partial charge >= 0.3 is 5.97 Å². The molecular formula is C15H16Cl2N2O5.